The van der Waals surface area contributed by atoms with E-state index in [1.165, 1.54) is 0 Å². The number of amides is 1. The third-order valence-electron chi connectivity index (χ3n) is 2.57. The summed E-state index contributed by atoms with van der Waals surface area (Å²) in [7, 11) is 0. The van der Waals surface area contributed by atoms with Crippen molar-refractivity contribution in [3.05, 3.63) is 26.7 Å². The summed E-state index contributed by atoms with van der Waals surface area (Å²) >= 11 is 15.3. The number of carbonyl (C=O) groups is 1. The number of carbonyl (C=O) groups excluding carboxylic acids is 1. The number of anilines is 1. The summed E-state index contributed by atoms with van der Waals surface area (Å²) in [6, 6.07) is 3.40. The maximum Gasteiger partial charge on any atom is 0.244 e. The molecule has 0 saturated heterocycles. The molecule has 100 valence electrons. The van der Waals surface area contributed by atoms with Crippen LogP contribution in [0.4, 0.5) is 5.69 Å². The third kappa shape index (κ3) is 3.60. The second-order valence-electron chi connectivity index (χ2n) is 4.34. The zero-order chi connectivity index (χ0) is 13.9. The first-order chi connectivity index (χ1) is 8.29. The molecule has 1 amide bonds. The Morgan fingerprint density at radius 3 is 2.61 bits per heavy atom. The molecule has 3 nitrogen and oxygen atoms in total. The van der Waals surface area contributed by atoms with Crippen LogP contribution in [-0.4, -0.2) is 11.4 Å². The van der Waals surface area contributed by atoms with E-state index in [2.05, 4.69) is 21.2 Å². The van der Waals surface area contributed by atoms with Crippen LogP contribution in [0.15, 0.2) is 16.6 Å². The lowest BCUT2D eigenvalue weighted by Gasteiger charge is -2.23. The van der Waals surface area contributed by atoms with Gasteiger partial charge in [0, 0.05) is 4.47 Å². The summed E-state index contributed by atoms with van der Waals surface area (Å²) in [5.74, 6) is -0.273. The molecule has 1 rings (SSSR count). The molecule has 0 fully saturated rings. The normalized spacial score (nSPS) is 14.1. The Bertz CT molecular complexity index is 464. The molecule has 0 radical (unpaired) electrons. The van der Waals surface area contributed by atoms with Gasteiger partial charge in [-0.05, 0) is 41.4 Å². The smallest absolute Gasteiger partial charge is 0.244 e. The number of hydrogen-bond acceptors (Lipinski definition) is 2. The molecule has 0 aromatic heterocycles. The van der Waals surface area contributed by atoms with Crippen LogP contribution in [0.2, 0.25) is 10.0 Å². The van der Waals surface area contributed by atoms with Crippen LogP contribution in [-0.2, 0) is 4.79 Å². The van der Waals surface area contributed by atoms with Crippen LogP contribution >= 0.6 is 39.1 Å². The van der Waals surface area contributed by atoms with Crippen molar-refractivity contribution in [3.63, 3.8) is 0 Å². The van der Waals surface area contributed by atoms with Gasteiger partial charge in [-0.1, -0.05) is 36.5 Å². The lowest BCUT2D eigenvalue weighted by Crippen LogP contribution is -2.48. The van der Waals surface area contributed by atoms with Crippen molar-refractivity contribution in [2.45, 2.75) is 32.2 Å². The number of nitrogens with two attached hydrogens (primary N) is 1. The molecule has 6 heteroatoms. The Kier molecular flexibility index (Phi) is 5.46. The van der Waals surface area contributed by atoms with E-state index >= 15 is 0 Å². The molecule has 0 aliphatic rings. The Morgan fingerprint density at radius 2 is 2.06 bits per heavy atom. The van der Waals surface area contributed by atoms with Crippen molar-refractivity contribution < 1.29 is 4.79 Å². The lowest BCUT2D eigenvalue weighted by atomic mass is 9.96. The molecule has 3 N–H and O–H groups in total. The second kappa shape index (κ2) is 6.24. The van der Waals surface area contributed by atoms with E-state index in [0.29, 0.717) is 26.6 Å². The Balaban J connectivity index is 2.92. The van der Waals surface area contributed by atoms with Crippen LogP contribution < -0.4 is 11.1 Å². The van der Waals surface area contributed by atoms with Crippen molar-refractivity contribution in [1.29, 1.82) is 0 Å². The van der Waals surface area contributed by atoms with Crippen LogP contribution in [0.5, 0.6) is 0 Å². The summed E-state index contributed by atoms with van der Waals surface area (Å²) in [5, 5.41) is 3.36. The van der Waals surface area contributed by atoms with Crippen LogP contribution in [0.1, 0.15) is 26.7 Å². The molecule has 0 aliphatic carbocycles. The van der Waals surface area contributed by atoms with Gasteiger partial charge in [0.05, 0.1) is 21.3 Å². The molecule has 1 aromatic rings. The SMILES string of the molecule is CCCC(C)(N)C(=O)Nc1ccc(Br)c(Cl)c1Cl. The highest BCUT2D eigenvalue weighted by Gasteiger charge is 2.27. The van der Waals surface area contributed by atoms with Crippen LogP contribution in [0.25, 0.3) is 0 Å². The highest BCUT2D eigenvalue weighted by Crippen LogP contribution is 2.36. The number of hydrogen-bond donors (Lipinski definition) is 2. The predicted molar refractivity (Wildman–Crippen MR) is 80.3 cm³/mol. The molecular formula is C12H15BrCl2N2O. The Labute approximate surface area is 125 Å². The number of nitrogens with one attached hydrogen (secondary N) is 1. The summed E-state index contributed by atoms with van der Waals surface area (Å²) in [6.45, 7) is 3.67. The first kappa shape index (κ1) is 15.8. The van der Waals surface area contributed by atoms with Crippen molar-refractivity contribution in [3.8, 4) is 0 Å². The molecule has 1 unspecified atom stereocenters. The number of benzene rings is 1. The van der Waals surface area contributed by atoms with Gasteiger partial charge in [-0.2, -0.15) is 0 Å². The molecule has 0 bridgehead atoms. The minimum Gasteiger partial charge on any atom is -0.323 e. The maximum absolute atomic E-state index is 12.0. The van der Waals surface area contributed by atoms with Gasteiger partial charge in [-0.15, -0.1) is 0 Å². The van der Waals surface area contributed by atoms with E-state index < -0.39 is 5.54 Å². The molecule has 0 heterocycles. The fourth-order valence-corrected chi connectivity index (χ4v) is 2.34. The standard InChI is InChI=1S/C12H15BrCl2N2O/c1-3-6-12(2,16)11(18)17-8-5-4-7(13)9(14)10(8)15/h4-5H,3,6,16H2,1-2H3,(H,17,18). The highest BCUT2D eigenvalue weighted by atomic mass is 79.9. The van der Waals surface area contributed by atoms with Gasteiger partial charge in [-0.3, -0.25) is 4.79 Å². The molecule has 0 spiro atoms. The zero-order valence-corrected chi connectivity index (χ0v) is 13.3. The van der Waals surface area contributed by atoms with Gasteiger partial charge in [0.2, 0.25) is 5.91 Å². The monoisotopic (exact) mass is 352 g/mol. The molecule has 1 aromatic carbocycles. The van der Waals surface area contributed by atoms with E-state index in [1.807, 2.05) is 6.92 Å². The Morgan fingerprint density at radius 1 is 1.44 bits per heavy atom. The van der Waals surface area contributed by atoms with Crippen molar-refractivity contribution in [2.24, 2.45) is 5.73 Å². The van der Waals surface area contributed by atoms with E-state index in [0.717, 1.165) is 6.42 Å². The minimum absolute atomic E-state index is 0.273. The van der Waals surface area contributed by atoms with Crippen molar-refractivity contribution in [1.82, 2.24) is 0 Å². The molecule has 0 saturated carbocycles. The first-order valence-corrected chi connectivity index (χ1v) is 7.08. The van der Waals surface area contributed by atoms with E-state index in [4.69, 9.17) is 28.9 Å². The summed E-state index contributed by atoms with van der Waals surface area (Å²) in [4.78, 5) is 12.0. The van der Waals surface area contributed by atoms with Crippen molar-refractivity contribution >= 4 is 50.7 Å². The Hall–Kier alpha value is -0.290. The number of halogens is 3. The zero-order valence-electron chi connectivity index (χ0n) is 10.2. The van der Waals surface area contributed by atoms with Crippen LogP contribution in [0.3, 0.4) is 0 Å². The fourth-order valence-electron chi connectivity index (χ4n) is 1.52. The van der Waals surface area contributed by atoms with Gasteiger partial charge in [-0.25, -0.2) is 0 Å². The van der Waals surface area contributed by atoms with Crippen LogP contribution in [0, 0.1) is 0 Å². The molecular weight excluding hydrogens is 339 g/mol. The lowest BCUT2D eigenvalue weighted by molar-refractivity contribution is -0.120. The minimum atomic E-state index is -0.919. The van der Waals surface area contributed by atoms with Crippen molar-refractivity contribution in [2.75, 3.05) is 5.32 Å². The topological polar surface area (TPSA) is 55.1 Å². The average Bonchev–Trinajstić information content (AvgIpc) is 2.29. The van der Waals surface area contributed by atoms with Gasteiger partial charge in [0.25, 0.3) is 0 Å². The maximum atomic E-state index is 12.0. The van der Waals surface area contributed by atoms with Gasteiger partial charge in [0.15, 0.2) is 0 Å². The molecule has 0 aliphatic heterocycles. The largest absolute Gasteiger partial charge is 0.323 e. The van der Waals surface area contributed by atoms with Gasteiger partial charge in [0.1, 0.15) is 0 Å². The predicted octanol–water partition coefficient (Wildman–Crippen LogP) is 4.21. The fraction of sp³-hybridized carbons (Fsp3) is 0.417. The van der Waals surface area contributed by atoms with E-state index in [-0.39, 0.29) is 5.91 Å². The average molecular weight is 354 g/mol. The quantitative estimate of drug-likeness (QED) is 0.796. The number of rotatable bonds is 4. The van der Waals surface area contributed by atoms with E-state index in [1.54, 1.807) is 19.1 Å². The third-order valence-corrected chi connectivity index (χ3v) is 4.34. The molecule has 1 atom stereocenters. The highest BCUT2D eigenvalue weighted by molar-refractivity contribution is 9.10. The summed E-state index contributed by atoms with van der Waals surface area (Å²) in [5.41, 5.74) is 5.48. The van der Waals surface area contributed by atoms with Gasteiger partial charge < -0.3 is 11.1 Å². The summed E-state index contributed by atoms with van der Waals surface area (Å²) in [6.07, 6.45) is 1.43. The second-order valence-corrected chi connectivity index (χ2v) is 5.95. The summed E-state index contributed by atoms with van der Waals surface area (Å²) < 4.78 is 0.677. The van der Waals surface area contributed by atoms with E-state index in [9.17, 15) is 4.79 Å². The molecule has 18 heavy (non-hydrogen) atoms. The van der Waals surface area contributed by atoms with Gasteiger partial charge >= 0.3 is 0 Å². The first-order valence-electron chi connectivity index (χ1n) is 5.53.